The lowest BCUT2D eigenvalue weighted by atomic mass is 10.1. The Kier molecular flexibility index (Phi) is 8.47. The van der Waals surface area contributed by atoms with Crippen molar-refractivity contribution in [3.8, 4) is 0 Å². The molecule has 7 heteroatoms. The molecule has 0 fully saturated rings. The predicted octanol–water partition coefficient (Wildman–Crippen LogP) is 4.86. The fourth-order valence-corrected chi connectivity index (χ4v) is 3.07. The van der Waals surface area contributed by atoms with Gasteiger partial charge in [0.1, 0.15) is 11.9 Å². The molecule has 29 heavy (non-hydrogen) atoms. The van der Waals surface area contributed by atoms with Crippen molar-refractivity contribution in [2.45, 2.75) is 39.8 Å². The Morgan fingerprint density at radius 1 is 1.00 bits per heavy atom. The summed E-state index contributed by atoms with van der Waals surface area (Å²) in [5.74, 6) is -0.531. The van der Waals surface area contributed by atoms with Gasteiger partial charge in [-0.1, -0.05) is 55.2 Å². The second-order valence-corrected chi connectivity index (χ2v) is 8.20. The van der Waals surface area contributed by atoms with Crippen molar-refractivity contribution in [1.82, 2.24) is 10.2 Å². The summed E-state index contributed by atoms with van der Waals surface area (Å²) in [4.78, 5) is 27.1. The molecule has 0 unspecified atom stereocenters. The third-order valence-corrected chi connectivity index (χ3v) is 5.20. The maximum Gasteiger partial charge on any atom is 0.242 e. The smallest absolute Gasteiger partial charge is 0.242 e. The van der Waals surface area contributed by atoms with Crippen molar-refractivity contribution in [3.05, 3.63) is 69.5 Å². The van der Waals surface area contributed by atoms with Gasteiger partial charge in [0, 0.05) is 13.1 Å². The minimum Gasteiger partial charge on any atom is -0.354 e. The van der Waals surface area contributed by atoms with E-state index in [0.717, 1.165) is 5.56 Å². The highest BCUT2D eigenvalue weighted by atomic mass is 35.5. The zero-order valence-corrected chi connectivity index (χ0v) is 18.2. The average Bonchev–Trinajstić information content (AvgIpc) is 2.67. The Balaban J connectivity index is 2.21. The lowest BCUT2D eigenvalue weighted by Gasteiger charge is -2.29. The third kappa shape index (κ3) is 7.02. The highest BCUT2D eigenvalue weighted by Gasteiger charge is 2.26. The Hall–Kier alpha value is -2.11. The standard InChI is InChI=1S/C22H25Cl2FN2O2/c1-14(2)12-26-22(29)15(3)27(13-16-4-7-18(25)8-5-16)21(28)11-17-6-9-19(23)20(24)10-17/h4-10,14-15H,11-13H2,1-3H3,(H,26,29)/t15-/m1/s1. The molecule has 0 saturated heterocycles. The number of hydrogen-bond donors (Lipinski definition) is 1. The fraction of sp³-hybridized carbons (Fsp3) is 0.364. The van der Waals surface area contributed by atoms with Gasteiger partial charge in [0.2, 0.25) is 11.8 Å². The molecule has 2 aromatic carbocycles. The van der Waals surface area contributed by atoms with Crippen molar-refractivity contribution in [2.24, 2.45) is 5.92 Å². The van der Waals surface area contributed by atoms with Crippen molar-refractivity contribution in [2.75, 3.05) is 6.54 Å². The van der Waals surface area contributed by atoms with Crippen LogP contribution in [0.2, 0.25) is 10.0 Å². The maximum absolute atomic E-state index is 13.2. The van der Waals surface area contributed by atoms with E-state index in [4.69, 9.17) is 23.2 Å². The Labute approximate surface area is 181 Å². The number of nitrogens with zero attached hydrogens (tertiary/aromatic N) is 1. The molecule has 1 N–H and O–H groups in total. The Bertz CT molecular complexity index is 856. The van der Waals surface area contributed by atoms with Crippen LogP contribution in [0.3, 0.4) is 0 Å². The lowest BCUT2D eigenvalue weighted by molar-refractivity contribution is -0.140. The first-order valence-corrected chi connectivity index (χ1v) is 10.2. The molecule has 0 heterocycles. The zero-order valence-electron chi connectivity index (χ0n) is 16.7. The fourth-order valence-electron chi connectivity index (χ4n) is 2.75. The van der Waals surface area contributed by atoms with E-state index < -0.39 is 6.04 Å². The van der Waals surface area contributed by atoms with Crippen LogP contribution in [0.15, 0.2) is 42.5 Å². The Morgan fingerprint density at radius 2 is 1.62 bits per heavy atom. The van der Waals surface area contributed by atoms with E-state index in [1.54, 1.807) is 37.3 Å². The highest BCUT2D eigenvalue weighted by molar-refractivity contribution is 6.42. The summed E-state index contributed by atoms with van der Waals surface area (Å²) in [6.45, 7) is 6.39. The van der Waals surface area contributed by atoms with E-state index in [1.165, 1.54) is 17.0 Å². The van der Waals surface area contributed by atoms with E-state index in [0.29, 0.717) is 28.1 Å². The second-order valence-electron chi connectivity index (χ2n) is 7.39. The first kappa shape index (κ1) is 23.2. The van der Waals surface area contributed by atoms with Crippen molar-refractivity contribution >= 4 is 35.0 Å². The van der Waals surface area contributed by atoms with Gasteiger partial charge in [-0.15, -0.1) is 0 Å². The van der Waals surface area contributed by atoms with Crippen LogP contribution in [0, 0.1) is 11.7 Å². The number of carbonyl (C=O) groups is 2. The molecule has 156 valence electrons. The first-order chi connectivity index (χ1) is 13.7. The summed E-state index contributed by atoms with van der Waals surface area (Å²) in [7, 11) is 0. The van der Waals surface area contributed by atoms with Crippen molar-refractivity contribution in [1.29, 1.82) is 0 Å². The summed E-state index contributed by atoms with van der Waals surface area (Å²) in [5.41, 5.74) is 1.43. The maximum atomic E-state index is 13.2. The molecular weight excluding hydrogens is 414 g/mol. The van der Waals surface area contributed by atoms with Gasteiger partial charge in [-0.3, -0.25) is 9.59 Å². The summed E-state index contributed by atoms with van der Waals surface area (Å²) in [6.07, 6.45) is 0.0693. The van der Waals surface area contributed by atoms with Gasteiger partial charge in [0.25, 0.3) is 0 Å². The molecule has 2 aromatic rings. The molecule has 1 atom stereocenters. The molecule has 0 spiro atoms. The molecular formula is C22H25Cl2FN2O2. The molecule has 0 aliphatic heterocycles. The minimum absolute atomic E-state index is 0.0693. The number of carbonyl (C=O) groups excluding carboxylic acids is 2. The summed E-state index contributed by atoms with van der Waals surface area (Å²) >= 11 is 12.0. The molecule has 0 bridgehead atoms. The van der Waals surface area contributed by atoms with Crippen molar-refractivity contribution in [3.63, 3.8) is 0 Å². The van der Waals surface area contributed by atoms with Gasteiger partial charge in [-0.25, -0.2) is 4.39 Å². The molecule has 2 rings (SSSR count). The number of amides is 2. The van der Waals surface area contributed by atoms with Crippen LogP contribution < -0.4 is 5.32 Å². The largest absolute Gasteiger partial charge is 0.354 e. The second kappa shape index (κ2) is 10.6. The number of halogens is 3. The quantitative estimate of drug-likeness (QED) is 0.639. The monoisotopic (exact) mass is 438 g/mol. The van der Waals surface area contributed by atoms with Gasteiger partial charge in [0.05, 0.1) is 16.5 Å². The number of nitrogens with one attached hydrogen (secondary N) is 1. The van der Waals surface area contributed by atoms with E-state index in [2.05, 4.69) is 5.32 Å². The van der Waals surface area contributed by atoms with Gasteiger partial charge >= 0.3 is 0 Å². The summed E-state index contributed by atoms with van der Waals surface area (Å²) in [5, 5.41) is 3.64. The highest BCUT2D eigenvalue weighted by Crippen LogP contribution is 2.23. The number of rotatable bonds is 8. The van der Waals surface area contributed by atoms with Gasteiger partial charge in [0.15, 0.2) is 0 Å². The van der Waals surface area contributed by atoms with Crippen LogP contribution in [-0.4, -0.2) is 29.3 Å². The normalized spacial score (nSPS) is 12.0. The lowest BCUT2D eigenvalue weighted by Crippen LogP contribution is -2.48. The summed E-state index contributed by atoms with van der Waals surface area (Å²) in [6, 6.07) is 10.2. The van der Waals surface area contributed by atoms with Crippen LogP contribution in [0.5, 0.6) is 0 Å². The molecule has 0 saturated carbocycles. The van der Waals surface area contributed by atoms with Crippen LogP contribution in [0.1, 0.15) is 31.9 Å². The van der Waals surface area contributed by atoms with E-state index >= 15 is 0 Å². The third-order valence-electron chi connectivity index (χ3n) is 4.46. The van der Waals surface area contributed by atoms with E-state index in [1.807, 2.05) is 13.8 Å². The van der Waals surface area contributed by atoms with Crippen molar-refractivity contribution < 1.29 is 14.0 Å². The van der Waals surface area contributed by atoms with Gasteiger partial charge in [-0.2, -0.15) is 0 Å². The molecule has 0 aliphatic carbocycles. The average molecular weight is 439 g/mol. The first-order valence-electron chi connectivity index (χ1n) is 9.43. The Morgan fingerprint density at radius 3 is 2.21 bits per heavy atom. The minimum atomic E-state index is -0.686. The molecule has 0 aliphatic rings. The van der Waals surface area contributed by atoms with Crippen LogP contribution in [-0.2, 0) is 22.6 Å². The topological polar surface area (TPSA) is 49.4 Å². The number of hydrogen-bond acceptors (Lipinski definition) is 2. The van der Waals surface area contributed by atoms with Crippen LogP contribution in [0.4, 0.5) is 4.39 Å². The predicted molar refractivity (Wildman–Crippen MR) is 114 cm³/mol. The molecule has 0 aromatic heterocycles. The van der Waals surface area contributed by atoms with Gasteiger partial charge in [-0.05, 0) is 48.2 Å². The van der Waals surface area contributed by atoms with E-state index in [-0.39, 0.29) is 30.6 Å². The molecule has 2 amide bonds. The number of benzene rings is 2. The zero-order chi connectivity index (χ0) is 21.6. The van der Waals surface area contributed by atoms with Crippen LogP contribution in [0.25, 0.3) is 0 Å². The van der Waals surface area contributed by atoms with Crippen LogP contribution >= 0.6 is 23.2 Å². The van der Waals surface area contributed by atoms with E-state index in [9.17, 15) is 14.0 Å². The van der Waals surface area contributed by atoms with Gasteiger partial charge < -0.3 is 10.2 Å². The SMILES string of the molecule is CC(C)CNC(=O)[C@@H](C)N(Cc1ccc(F)cc1)C(=O)Cc1ccc(Cl)c(Cl)c1. The summed E-state index contributed by atoms with van der Waals surface area (Å²) < 4.78 is 13.2. The molecule has 4 nitrogen and oxygen atoms in total. The molecule has 0 radical (unpaired) electrons.